The number of anilines is 2. The van der Waals surface area contributed by atoms with Crippen LogP contribution < -0.4 is 10.6 Å². The Morgan fingerprint density at radius 3 is 2.64 bits per heavy atom. The van der Waals surface area contributed by atoms with Crippen LogP contribution in [0.1, 0.15) is 23.1 Å². The number of hydrogen-bond donors (Lipinski definition) is 1. The Hall–Kier alpha value is -2.17. The molecule has 0 saturated heterocycles. The molecule has 5 heteroatoms. The van der Waals surface area contributed by atoms with Crippen molar-refractivity contribution in [3.8, 4) is 0 Å². The first-order valence-corrected chi connectivity index (χ1v) is 7.23. The van der Waals surface area contributed by atoms with E-state index >= 15 is 0 Å². The number of halogens is 3. The largest absolute Gasteiger partial charge is 0.418 e. The molecule has 1 heterocycles. The molecule has 116 valence electrons. The highest BCUT2D eigenvalue weighted by molar-refractivity contribution is 5.56. The van der Waals surface area contributed by atoms with Gasteiger partial charge < -0.3 is 10.6 Å². The fourth-order valence-corrected chi connectivity index (χ4v) is 2.94. The van der Waals surface area contributed by atoms with Crippen molar-refractivity contribution in [1.29, 1.82) is 0 Å². The maximum absolute atomic E-state index is 13.0. The number of benzene rings is 2. The molecule has 22 heavy (non-hydrogen) atoms. The van der Waals surface area contributed by atoms with Gasteiger partial charge in [-0.2, -0.15) is 13.2 Å². The van der Waals surface area contributed by atoms with E-state index in [-0.39, 0.29) is 5.69 Å². The predicted molar refractivity (Wildman–Crippen MR) is 81.7 cm³/mol. The van der Waals surface area contributed by atoms with Crippen molar-refractivity contribution in [3.05, 3.63) is 59.2 Å². The summed E-state index contributed by atoms with van der Waals surface area (Å²) in [5, 5.41) is 0. The van der Waals surface area contributed by atoms with Crippen LogP contribution in [0.4, 0.5) is 24.5 Å². The van der Waals surface area contributed by atoms with Crippen LogP contribution in [0.15, 0.2) is 42.5 Å². The third kappa shape index (κ3) is 2.89. The van der Waals surface area contributed by atoms with Crippen LogP contribution in [0.3, 0.4) is 0 Å². The molecular formula is C17H17F3N2. The molecule has 2 aromatic rings. The third-order valence-electron chi connectivity index (χ3n) is 4.00. The van der Waals surface area contributed by atoms with Crippen molar-refractivity contribution >= 4 is 11.4 Å². The summed E-state index contributed by atoms with van der Waals surface area (Å²) < 4.78 is 38.9. The summed E-state index contributed by atoms with van der Waals surface area (Å²) in [6.45, 7) is 1.31. The average molecular weight is 306 g/mol. The van der Waals surface area contributed by atoms with E-state index in [4.69, 9.17) is 5.73 Å². The lowest BCUT2D eigenvalue weighted by atomic mass is 10.0. The van der Waals surface area contributed by atoms with Gasteiger partial charge in [0, 0.05) is 24.5 Å². The first-order valence-electron chi connectivity index (χ1n) is 7.23. The van der Waals surface area contributed by atoms with Crippen LogP contribution >= 0.6 is 0 Å². The Labute approximate surface area is 127 Å². The molecule has 0 aliphatic carbocycles. The number of fused-ring (bicyclic) bond motifs is 1. The summed E-state index contributed by atoms with van der Waals surface area (Å²) in [6.07, 6.45) is -2.39. The van der Waals surface area contributed by atoms with Crippen molar-refractivity contribution < 1.29 is 13.2 Å². The van der Waals surface area contributed by atoms with Crippen LogP contribution in [0.25, 0.3) is 0 Å². The molecule has 0 radical (unpaired) electrons. The lowest BCUT2D eigenvalue weighted by Gasteiger charge is -2.31. The second-order valence-corrected chi connectivity index (χ2v) is 5.57. The summed E-state index contributed by atoms with van der Waals surface area (Å²) in [7, 11) is 0. The van der Waals surface area contributed by atoms with Crippen molar-refractivity contribution in [3.63, 3.8) is 0 Å². The number of hydrogen-bond acceptors (Lipinski definition) is 2. The molecule has 3 rings (SSSR count). The zero-order valence-corrected chi connectivity index (χ0v) is 12.0. The van der Waals surface area contributed by atoms with Crippen LogP contribution in [0.5, 0.6) is 0 Å². The molecule has 0 aromatic heterocycles. The topological polar surface area (TPSA) is 29.3 Å². The molecule has 0 fully saturated rings. The van der Waals surface area contributed by atoms with E-state index in [0.29, 0.717) is 12.1 Å². The molecular weight excluding hydrogens is 289 g/mol. The first kappa shape index (κ1) is 14.8. The van der Waals surface area contributed by atoms with E-state index in [9.17, 15) is 13.2 Å². The van der Waals surface area contributed by atoms with Crippen LogP contribution in [0.2, 0.25) is 0 Å². The van der Waals surface area contributed by atoms with E-state index < -0.39 is 11.7 Å². The molecule has 0 amide bonds. The minimum Gasteiger partial charge on any atom is -0.398 e. The molecule has 1 aliphatic heterocycles. The van der Waals surface area contributed by atoms with Crippen molar-refractivity contribution in [2.24, 2.45) is 0 Å². The fraction of sp³-hybridized carbons (Fsp3) is 0.294. The van der Waals surface area contributed by atoms with Gasteiger partial charge in [0.05, 0.1) is 5.56 Å². The predicted octanol–water partition coefficient (Wildman–Crippen LogP) is 4.24. The summed E-state index contributed by atoms with van der Waals surface area (Å²) in [6, 6.07) is 12.2. The highest BCUT2D eigenvalue weighted by atomic mass is 19.4. The molecule has 0 unspecified atom stereocenters. The molecule has 0 saturated carbocycles. The van der Waals surface area contributed by atoms with Gasteiger partial charge >= 0.3 is 6.18 Å². The summed E-state index contributed by atoms with van der Waals surface area (Å²) in [4.78, 5) is 2.13. The van der Waals surface area contributed by atoms with Gasteiger partial charge in [0.25, 0.3) is 0 Å². The van der Waals surface area contributed by atoms with Crippen molar-refractivity contribution in [2.75, 3.05) is 17.2 Å². The summed E-state index contributed by atoms with van der Waals surface area (Å²) >= 11 is 0. The van der Waals surface area contributed by atoms with Gasteiger partial charge in [-0.15, -0.1) is 0 Å². The molecule has 0 atom stereocenters. The number of nitrogens with two attached hydrogens (primary N) is 1. The van der Waals surface area contributed by atoms with E-state index in [1.807, 2.05) is 18.2 Å². The maximum Gasteiger partial charge on any atom is 0.418 e. The van der Waals surface area contributed by atoms with E-state index in [0.717, 1.165) is 31.1 Å². The van der Waals surface area contributed by atoms with Gasteiger partial charge in [0.2, 0.25) is 0 Å². The first-order chi connectivity index (χ1) is 10.4. The summed E-state index contributed by atoms with van der Waals surface area (Å²) in [5.74, 6) is 0. The number of nitrogens with zero attached hydrogens (tertiary/aromatic N) is 1. The van der Waals surface area contributed by atoms with Gasteiger partial charge in [-0.3, -0.25) is 0 Å². The highest BCUT2D eigenvalue weighted by Crippen LogP contribution is 2.35. The lowest BCUT2D eigenvalue weighted by Crippen LogP contribution is -2.28. The lowest BCUT2D eigenvalue weighted by molar-refractivity contribution is -0.136. The van der Waals surface area contributed by atoms with Gasteiger partial charge in [-0.1, -0.05) is 24.3 Å². The molecule has 2 aromatic carbocycles. The standard InChI is InChI=1S/C17H17F3N2/c18-17(19,20)14-10-12(7-8-15(14)21)11-22-9-3-5-13-4-1-2-6-16(13)22/h1-2,4,6-8,10H,3,5,9,11,21H2. The Morgan fingerprint density at radius 1 is 1.09 bits per heavy atom. The number of alkyl halides is 3. The second kappa shape index (κ2) is 5.55. The van der Waals surface area contributed by atoms with Gasteiger partial charge in [0.1, 0.15) is 0 Å². The van der Waals surface area contributed by atoms with Crippen molar-refractivity contribution in [2.45, 2.75) is 25.6 Å². The van der Waals surface area contributed by atoms with E-state index in [2.05, 4.69) is 11.0 Å². The normalized spacial score (nSPS) is 14.8. The van der Waals surface area contributed by atoms with Crippen LogP contribution in [-0.4, -0.2) is 6.54 Å². The SMILES string of the molecule is Nc1ccc(CN2CCCc3ccccc32)cc1C(F)(F)F. The molecule has 1 aliphatic rings. The minimum atomic E-state index is -4.42. The smallest absolute Gasteiger partial charge is 0.398 e. The fourth-order valence-electron chi connectivity index (χ4n) is 2.94. The Bertz CT molecular complexity index is 680. The molecule has 0 bridgehead atoms. The molecule has 2 N–H and O–H groups in total. The minimum absolute atomic E-state index is 0.227. The van der Waals surface area contributed by atoms with E-state index in [1.165, 1.54) is 11.6 Å². The quantitative estimate of drug-likeness (QED) is 0.841. The Balaban J connectivity index is 1.89. The number of rotatable bonds is 2. The molecule has 2 nitrogen and oxygen atoms in total. The highest BCUT2D eigenvalue weighted by Gasteiger charge is 2.33. The Kier molecular flexibility index (Phi) is 3.72. The number of nitrogen functional groups attached to an aromatic ring is 1. The number of para-hydroxylation sites is 1. The van der Waals surface area contributed by atoms with Crippen LogP contribution in [0, 0.1) is 0 Å². The second-order valence-electron chi connectivity index (χ2n) is 5.57. The van der Waals surface area contributed by atoms with E-state index in [1.54, 1.807) is 6.07 Å². The number of aryl methyl sites for hydroxylation is 1. The van der Waals surface area contributed by atoms with Gasteiger partial charge in [0.15, 0.2) is 0 Å². The van der Waals surface area contributed by atoms with Gasteiger partial charge in [-0.05, 0) is 42.2 Å². The summed E-state index contributed by atoms with van der Waals surface area (Å²) in [5.41, 5.74) is 7.45. The van der Waals surface area contributed by atoms with Gasteiger partial charge in [-0.25, -0.2) is 0 Å². The zero-order valence-electron chi connectivity index (χ0n) is 12.0. The van der Waals surface area contributed by atoms with Crippen molar-refractivity contribution in [1.82, 2.24) is 0 Å². The monoisotopic (exact) mass is 306 g/mol. The molecule has 0 spiro atoms. The van der Waals surface area contributed by atoms with Crippen LogP contribution in [-0.2, 0) is 19.1 Å². The maximum atomic E-state index is 13.0. The third-order valence-corrected chi connectivity index (χ3v) is 4.00. The zero-order chi connectivity index (χ0) is 15.7. The average Bonchev–Trinajstić information content (AvgIpc) is 2.48. The Morgan fingerprint density at radius 2 is 1.86 bits per heavy atom.